The Kier molecular flexibility index (Phi) is 5.38. The van der Waals surface area contributed by atoms with Gasteiger partial charge in [0.1, 0.15) is 17.4 Å². The number of carbonyl (C=O) groups excluding carboxylic acids is 1. The Balaban J connectivity index is 2.14. The van der Waals surface area contributed by atoms with Gasteiger partial charge in [-0.25, -0.2) is 4.79 Å². The third kappa shape index (κ3) is 4.59. The first-order valence-corrected chi connectivity index (χ1v) is 7.22. The topological polar surface area (TPSA) is 122 Å². The lowest BCUT2D eigenvalue weighted by Crippen LogP contribution is -2.15. The molecule has 2 aromatic rings. The molecule has 0 aliphatic heterocycles. The molecule has 0 unspecified atom stereocenters. The molecule has 0 aliphatic carbocycles. The van der Waals surface area contributed by atoms with Crippen LogP contribution in [-0.4, -0.2) is 22.1 Å². The van der Waals surface area contributed by atoms with Crippen molar-refractivity contribution in [3.8, 4) is 11.8 Å². The molecule has 0 fully saturated rings. The highest BCUT2D eigenvalue weighted by atomic mass is 16.4. The van der Waals surface area contributed by atoms with Gasteiger partial charge in [0.2, 0.25) is 0 Å². The van der Waals surface area contributed by atoms with Gasteiger partial charge in [-0.2, -0.15) is 5.26 Å². The van der Waals surface area contributed by atoms with Crippen LogP contribution < -0.4 is 10.6 Å². The first kappa shape index (κ1) is 17.6. The van der Waals surface area contributed by atoms with Gasteiger partial charge in [0, 0.05) is 17.6 Å². The quantitative estimate of drug-likeness (QED) is 0.378. The lowest BCUT2D eigenvalue weighted by atomic mass is 10.1. The Morgan fingerprint density at radius 2 is 1.96 bits per heavy atom. The molecule has 0 spiro atoms. The average molecular weight is 337 g/mol. The second kappa shape index (κ2) is 7.66. The summed E-state index contributed by atoms with van der Waals surface area (Å²) in [6.45, 7) is 1.71. The van der Waals surface area contributed by atoms with Gasteiger partial charge in [-0.1, -0.05) is 6.07 Å². The number of benzene rings is 2. The van der Waals surface area contributed by atoms with Crippen molar-refractivity contribution in [1.82, 2.24) is 0 Å². The van der Waals surface area contributed by atoms with Gasteiger partial charge in [-0.05, 0) is 48.9 Å². The molecule has 25 heavy (non-hydrogen) atoms. The highest BCUT2D eigenvalue weighted by Gasteiger charge is 2.11. The Morgan fingerprint density at radius 3 is 2.60 bits per heavy atom. The Labute approximate surface area is 143 Å². The van der Waals surface area contributed by atoms with E-state index in [0.717, 1.165) is 0 Å². The molecule has 2 aromatic carbocycles. The number of rotatable bonds is 5. The van der Waals surface area contributed by atoms with Crippen LogP contribution in [0, 0.1) is 18.3 Å². The number of amides is 1. The minimum absolute atomic E-state index is 0.0755. The van der Waals surface area contributed by atoms with Gasteiger partial charge < -0.3 is 20.8 Å². The molecule has 0 saturated carbocycles. The summed E-state index contributed by atoms with van der Waals surface area (Å²) in [5, 5.41) is 32.8. The zero-order valence-corrected chi connectivity index (χ0v) is 13.3. The normalized spacial score (nSPS) is 10.6. The Bertz CT molecular complexity index is 897. The maximum absolute atomic E-state index is 12.2. The number of phenols is 1. The Morgan fingerprint density at radius 1 is 1.20 bits per heavy atom. The van der Waals surface area contributed by atoms with Crippen molar-refractivity contribution in [2.75, 3.05) is 10.6 Å². The van der Waals surface area contributed by atoms with E-state index in [9.17, 15) is 14.7 Å². The average Bonchev–Trinajstić information content (AvgIpc) is 2.58. The van der Waals surface area contributed by atoms with Gasteiger partial charge in [-0.3, -0.25) is 4.79 Å². The van der Waals surface area contributed by atoms with E-state index in [2.05, 4.69) is 10.6 Å². The van der Waals surface area contributed by atoms with Gasteiger partial charge in [0.15, 0.2) is 0 Å². The van der Waals surface area contributed by atoms with Crippen molar-refractivity contribution in [2.45, 2.75) is 6.92 Å². The molecule has 0 radical (unpaired) electrons. The number of nitriles is 1. The molecule has 1 amide bonds. The van der Waals surface area contributed by atoms with E-state index in [4.69, 9.17) is 10.4 Å². The minimum Gasteiger partial charge on any atom is -0.508 e. The highest BCUT2D eigenvalue weighted by molar-refractivity contribution is 6.07. The summed E-state index contributed by atoms with van der Waals surface area (Å²) in [5.41, 5.74) is 1.44. The van der Waals surface area contributed by atoms with E-state index in [1.807, 2.05) is 0 Å². The van der Waals surface area contributed by atoms with Gasteiger partial charge >= 0.3 is 5.97 Å². The lowest BCUT2D eigenvalue weighted by Gasteiger charge is -2.08. The van der Waals surface area contributed by atoms with Crippen molar-refractivity contribution in [1.29, 1.82) is 5.26 Å². The number of hydrogen-bond acceptors (Lipinski definition) is 5. The van der Waals surface area contributed by atoms with Crippen LogP contribution in [0.15, 0.2) is 54.2 Å². The number of carbonyl (C=O) groups is 2. The molecule has 7 nitrogen and oxygen atoms in total. The molecular weight excluding hydrogens is 322 g/mol. The molecule has 0 aromatic heterocycles. The molecule has 0 heterocycles. The predicted molar refractivity (Wildman–Crippen MR) is 92.2 cm³/mol. The zero-order chi connectivity index (χ0) is 18.4. The maximum Gasteiger partial charge on any atom is 0.335 e. The zero-order valence-electron chi connectivity index (χ0n) is 13.3. The van der Waals surface area contributed by atoms with E-state index in [1.54, 1.807) is 25.1 Å². The van der Waals surface area contributed by atoms with E-state index in [1.165, 1.54) is 36.5 Å². The number of anilines is 2. The number of aromatic hydroxyl groups is 1. The third-order valence-corrected chi connectivity index (χ3v) is 3.32. The number of carboxylic acids is 1. The number of hydrogen-bond donors (Lipinski definition) is 4. The van der Waals surface area contributed by atoms with Crippen molar-refractivity contribution in [2.24, 2.45) is 0 Å². The SMILES string of the molecule is Cc1cc(O)ccc1NC(=O)/C(C#N)=C\Nc1cccc(C(=O)O)c1. The highest BCUT2D eigenvalue weighted by Crippen LogP contribution is 2.20. The molecule has 0 saturated heterocycles. The summed E-state index contributed by atoms with van der Waals surface area (Å²) < 4.78 is 0. The molecule has 2 rings (SSSR count). The number of nitrogens with one attached hydrogen (secondary N) is 2. The van der Waals surface area contributed by atoms with Crippen LogP contribution in [0.5, 0.6) is 5.75 Å². The first-order chi connectivity index (χ1) is 11.9. The van der Waals surface area contributed by atoms with Crippen molar-refractivity contribution in [3.05, 3.63) is 65.4 Å². The summed E-state index contributed by atoms with van der Waals surface area (Å²) in [6, 6.07) is 12.2. The van der Waals surface area contributed by atoms with Crippen LogP contribution in [0.2, 0.25) is 0 Å². The smallest absolute Gasteiger partial charge is 0.335 e. The van der Waals surface area contributed by atoms with E-state index >= 15 is 0 Å². The second-order valence-corrected chi connectivity index (χ2v) is 5.15. The Hall–Kier alpha value is -3.79. The van der Waals surface area contributed by atoms with Crippen molar-refractivity contribution >= 4 is 23.3 Å². The lowest BCUT2D eigenvalue weighted by molar-refractivity contribution is -0.112. The fourth-order valence-electron chi connectivity index (χ4n) is 2.02. The van der Waals surface area contributed by atoms with Gasteiger partial charge in [-0.15, -0.1) is 0 Å². The summed E-state index contributed by atoms with van der Waals surface area (Å²) in [5.74, 6) is -1.63. The van der Waals surface area contributed by atoms with Crippen molar-refractivity contribution < 1.29 is 19.8 Å². The number of carboxylic acid groups (broad SMARTS) is 1. The minimum atomic E-state index is -1.08. The monoisotopic (exact) mass is 337 g/mol. The fourth-order valence-corrected chi connectivity index (χ4v) is 2.02. The van der Waals surface area contributed by atoms with Crippen LogP contribution in [0.25, 0.3) is 0 Å². The van der Waals surface area contributed by atoms with Crippen LogP contribution in [0.1, 0.15) is 15.9 Å². The summed E-state index contributed by atoms with van der Waals surface area (Å²) >= 11 is 0. The molecule has 126 valence electrons. The maximum atomic E-state index is 12.2. The number of aromatic carboxylic acids is 1. The standard InChI is InChI=1S/C18H15N3O4/c1-11-7-15(22)5-6-16(11)21-17(23)13(9-19)10-20-14-4-2-3-12(8-14)18(24)25/h2-8,10,20,22H,1H3,(H,21,23)(H,24,25)/b13-10-. The molecule has 7 heteroatoms. The summed E-state index contributed by atoms with van der Waals surface area (Å²) in [4.78, 5) is 23.1. The van der Waals surface area contributed by atoms with Crippen LogP contribution >= 0.6 is 0 Å². The third-order valence-electron chi connectivity index (χ3n) is 3.32. The molecule has 0 bridgehead atoms. The van der Waals surface area contributed by atoms with Crippen molar-refractivity contribution in [3.63, 3.8) is 0 Å². The van der Waals surface area contributed by atoms with Crippen LogP contribution in [0.4, 0.5) is 11.4 Å². The predicted octanol–water partition coefficient (Wildman–Crippen LogP) is 2.86. The summed E-state index contributed by atoms with van der Waals surface area (Å²) in [6.07, 6.45) is 1.20. The molecule has 0 atom stereocenters. The van der Waals surface area contributed by atoms with E-state index in [0.29, 0.717) is 16.9 Å². The van der Waals surface area contributed by atoms with E-state index < -0.39 is 11.9 Å². The van der Waals surface area contributed by atoms with Crippen LogP contribution in [0.3, 0.4) is 0 Å². The second-order valence-electron chi connectivity index (χ2n) is 5.15. The van der Waals surface area contributed by atoms with E-state index in [-0.39, 0.29) is 16.9 Å². The fraction of sp³-hybridized carbons (Fsp3) is 0.0556. The molecular formula is C18H15N3O4. The number of nitrogens with zero attached hydrogens (tertiary/aromatic N) is 1. The molecule has 4 N–H and O–H groups in total. The summed E-state index contributed by atoms with van der Waals surface area (Å²) in [7, 11) is 0. The largest absolute Gasteiger partial charge is 0.508 e. The van der Waals surface area contributed by atoms with Gasteiger partial charge in [0.05, 0.1) is 5.56 Å². The first-order valence-electron chi connectivity index (χ1n) is 7.22. The number of phenolic OH excluding ortho intramolecular Hbond substituents is 1. The molecule has 0 aliphatic rings. The number of aryl methyl sites for hydroxylation is 1. The van der Waals surface area contributed by atoms with Crippen LogP contribution in [-0.2, 0) is 4.79 Å². The van der Waals surface area contributed by atoms with Gasteiger partial charge in [0.25, 0.3) is 5.91 Å².